The summed E-state index contributed by atoms with van der Waals surface area (Å²) in [5, 5.41) is 10.6. The molecule has 2 aromatic rings. The van der Waals surface area contributed by atoms with Gasteiger partial charge in [-0.15, -0.1) is 11.3 Å². The van der Waals surface area contributed by atoms with Crippen molar-refractivity contribution in [1.29, 1.82) is 5.26 Å². The Hall–Kier alpha value is -2.06. The number of oxazole rings is 1. The lowest BCUT2D eigenvalue weighted by Gasteiger charge is -1.82. The molecule has 2 heterocycles. The number of nitrogen functional groups attached to an aromatic ring is 1. The zero-order valence-corrected chi connectivity index (χ0v) is 8.49. The average molecular weight is 217 g/mol. The Morgan fingerprint density at radius 3 is 3.00 bits per heavy atom. The van der Waals surface area contributed by atoms with E-state index in [-0.39, 0.29) is 11.6 Å². The number of hydrogen-bond acceptors (Lipinski definition) is 5. The highest BCUT2D eigenvalue weighted by Gasteiger charge is 2.06. The van der Waals surface area contributed by atoms with Crippen LogP contribution in [-0.2, 0) is 0 Å². The van der Waals surface area contributed by atoms with Gasteiger partial charge in [0.1, 0.15) is 6.07 Å². The number of nitrogens with two attached hydrogens (primary N) is 1. The van der Waals surface area contributed by atoms with Gasteiger partial charge in [-0.2, -0.15) is 10.2 Å². The molecule has 15 heavy (non-hydrogen) atoms. The standard InChI is InChI=1S/C10H7N3OS/c11-6-8-10(12)14-9(13-8)4-3-7-2-1-5-15-7/h1-5H,12H2/b4-3+. The lowest BCUT2D eigenvalue weighted by Crippen LogP contribution is -1.83. The second-order valence-corrected chi connectivity index (χ2v) is 3.70. The molecule has 0 spiro atoms. The number of hydrogen-bond donors (Lipinski definition) is 1. The summed E-state index contributed by atoms with van der Waals surface area (Å²) in [7, 11) is 0. The van der Waals surface area contributed by atoms with Crippen molar-refractivity contribution in [1.82, 2.24) is 4.98 Å². The van der Waals surface area contributed by atoms with Crippen molar-refractivity contribution in [2.24, 2.45) is 0 Å². The molecule has 0 radical (unpaired) electrons. The highest BCUT2D eigenvalue weighted by Crippen LogP contribution is 2.16. The van der Waals surface area contributed by atoms with Gasteiger partial charge in [-0.25, -0.2) is 0 Å². The first-order chi connectivity index (χ1) is 7.29. The van der Waals surface area contributed by atoms with Crippen LogP contribution in [0.5, 0.6) is 0 Å². The normalized spacial score (nSPS) is 10.6. The van der Waals surface area contributed by atoms with Crippen LogP contribution in [0.4, 0.5) is 5.88 Å². The molecule has 2 rings (SSSR count). The lowest BCUT2D eigenvalue weighted by atomic mass is 10.4. The van der Waals surface area contributed by atoms with Crippen molar-refractivity contribution in [2.75, 3.05) is 5.73 Å². The predicted octanol–water partition coefficient (Wildman–Crippen LogP) is 2.36. The number of anilines is 1. The Balaban J connectivity index is 2.22. The molecule has 74 valence electrons. The fourth-order valence-electron chi connectivity index (χ4n) is 1.04. The molecule has 0 aromatic carbocycles. The third kappa shape index (κ3) is 2.06. The second kappa shape index (κ2) is 3.98. The Bertz CT molecular complexity index is 519. The van der Waals surface area contributed by atoms with Crippen LogP contribution in [0.15, 0.2) is 21.9 Å². The molecule has 2 N–H and O–H groups in total. The zero-order chi connectivity index (χ0) is 10.7. The minimum absolute atomic E-state index is 0.0586. The molecule has 0 aliphatic heterocycles. The smallest absolute Gasteiger partial charge is 0.229 e. The summed E-state index contributed by atoms with van der Waals surface area (Å²) < 4.78 is 5.07. The van der Waals surface area contributed by atoms with Gasteiger partial charge in [-0.3, -0.25) is 0 Å². The molecular formula is C10H7N3OS. The molecule has 0 saturated heterocycles. The Kier molecular flexibility index (Phi) is 2.52. The fraction of sp³-hybridized carbons (Fsp3) is 0. The molecule has 0 unspecified atom stereocenters. The van der Waals surface area contributed by atoms with E-state index in [2.05, 4.69) is 4.98 Å². The van der Waals surface area contributed by atoms with Crippen molar-refractivity contribution in [2.45, 2.75) is 0 Å². The van der Waals surface area contributed by atoms with Crippen molar-refractivity contribution in [3.05, 3.63) is 34.0 Å². The molecule has 2 aromatic heterocycles. The van der Waals surface area contributed by atoms with E-state index in [1.807, 2.05) is 29.7 Å². The highest BCUT2D eigenvalue weighted by molar-refractivity contribution is 7.10. The summed E-state index contributed by atoms with van der Waals surface area (Å²) in [6, 6.07) is 5.77. The van der Waals surface area contributed by atoms with Gasteiger partial charge in [0, 0.05) is 11.0 Å². The number of rotatable bonds is 2. The number of thiophene rings is 1. The Labute approximate surface area is 90.3 Å². The van der Waals surface area contributed by atoms with Crippen LogP contribution in [0.25, 0.3) is 12.2 Å². The highest BCUT2D eigenvalue weighted by atomic mass is 32.1. The van der Waals surface area contributed by atoms with Crippen LogP contribution in [0.2, 0.25) is 0 Å². The summed E-state index contributed by atoms with van der Waals surface area (Å²) >= 11 is 1.61. The van der Waals surface area contributed by atoms with Gasteiger partial charge >= 0.3 is 0 Å². The number of nitrogens with zero attached hydrogens (tertiary/aromatic N) is 2. The largest absolute Gasteiger partial charge is 0.420 e. The predicted molar refractivity (Wildman–Crippen MR) is 58.9 cm³/mol. The summed E-state index contributed by atoms with van der Waals surface area (Å²) in [6.45, 7) is 0. The summed E-state index contributed by atoms with van der Waals surface area (Å²) in [5.41, 5.74) is 5.54. The molecule has 0 bridgehead atoms. The van der Waals surface area contributed by atoms with Gasteiger partial charge in [-0.1, -0.05) is 6.07 Å². The van der Waals surface area contributed by atoms with Gasteiger partial charge in [0.15, 0.2) is 0 Å². The summed E-state index contributed by atoms with van der Waals surface area (Å²) in [5.74, 6) is 0.403. The number of aromatic nitrogens is 1. The first-order valence-electron chi connectivity index (χ1n) is 4.17. The maximum atomic E-state index is 8.61. The van der Waals surface area contributed by atoms with Gasteiger partial charge < -0.3 is 10.2 Å². The van der Waals surface area contributed by atoms with Crippen LogP contribution < -0.4 is 5.73 Å². The van der Waals surface area contributed by atoms with E-state index in [1.54, 1.807) is 17.4 Å². The third-order valence-corrected chi connectivity index (χ3v) is 2.55. The van der Waals surface area contributed by atoms with Gasteiger partial charge in [0.2, 0.25) is 17.5 Å². The van der Waals surface area contributed by atoms with E-state index in [1.165, 1.54) is 0 Å². The summed E-state index contributed by atoms with van der Waals surface area (Å²) in [4.78, 5) is 4.98. The molecule has 0 saturated carbocycles. The lowest BCUT2D eigenvalue weighted by molar-refractivity contribution is 0.565. The molecule has 5 heteroatoms. The van der Waals surface area contributed by atoms with Crippen LogP contribution in [0, 0.1) is 11.3 Å². The monoisotopic (exact) mass is 217 g/mol. The molecule has 0 amide bonds. The minimum Gasteiger partial charge on any atom is -0.420 e. The van der Waals surface area contributed by atoms with E-state index >= 15 is 0 Å². The van der Waals surface area contributed by atoms with E-state index in [9.17, 15) is 0 Å². The second-order valence-electron chi connectivity index (χ2n) is 2.73. The third-order valence-electron chi connectivity index (χ3n) is 1.71. The topological polar surface area (TPSA) is 75.8 Å². The van der Waals surface area contributed by atoms with Crippen LogP contribution in [0.1, 0.15) is 16.5 Å². The average Bonchev–Trinajstić information content (AvgIpc) is 2.83. The van der Waals surface area contributed by atoms with Crippen molar-refractivity contribution < 1.29 is 4.42 Å². The maximum Gasteiger partial charge on any atom is 0.229 e. The van der Waals surface area contributed by atoms with E-state index < -0.39 is 0 Å². The van der Waals surface area contributed by atoms with Crippen molar-refractivity contribution >= 4 is 29.4 Å². The van der Waals surface area contributed by atoms with Gasteiger partial charge in [0.25, 0.3) is 0 Å². The first-order valence-corrected chi connectivity index (χ1v) is 5.05. The van der Waals surface area contributed by atoms with Crippen LogP contribution in [0.3, 0.4) is 0 Å². The Morgan fingerprint density at radius 1 is 1.53 bits per heavy atom. The van der Waals surface area contributed by atoms with E-state index in [0.29, 0.717) is 5.89 Å². The molecule has 4 nitrogen and oxygen atoms in total. The van der Waals surface area contributed by atoms with E-state index in [4.69, 9.17) is 15.4 Å². The molecule has 0 aliphatic rings. The minimum atomic E-state index is 0.0586. The van der Waals surface area contributed by atoms with Crippen LogP contribution in [-0.4, -0.2) is 4.98 Å². The first kappa shape index (κ1) is 9.49. The van der Waals surface area contributed by atoms with E-state index in [0.717, 1.165) is 4.88 Å². The molecule has 0 fully saturated rings. The molecular weight excluding hydrogens is 210 g/mol. The van der Waals surface area contributed by atoms with Crippen LogP contribution >= 0.6 is 11.3 Å². The SMILES string of the molecule is N#Cc1nc(/C=C/c2cccs2)oc1N. The van der Waals surface area contributed by atoms with Gasteiger partial charge in [-0.05, 0) is 17.5 Å². The van der Waals surface area contributed by atoms with Crippen molar-refractivity contribution in [3.8, 4) is 6.07 Å². The van der Waals surface area contributed by atoms with Crippen molar-refractivity contribution in [3.63, 3.8) is 0 Å². The van der Waals surface area contributed by atoms with Gasteiger partial charge in [0.05, 0.1) is 0 Å². The quantitative estimate of drug-likeness (QED) is 0.837. The number of nitriles is 1. The Morgan fingerprint density at radius 2 is 2.40 bits per heavy atom. The zero-order valence-electron chi connectivity index (χ0n) is 7.68. The molecule has 0 aliphatic carbocycles. The summed E-state index contributed by atoms with van der Waals surface area (Å²) in [6.07, 6.45) is 3.54. The molecule has 0 atom stereocenters. The maximum absolute atomic E-state index is 8.61. The fourth-order valence-corrected chi connectivity index (χ4v) is 1.66.